The van der Waals surface area contributed by atoms with Crippen molar-refractivity contribution in [3.05, 3.63) is 70.1 Å². The van der Waals surface area contributed by atoms with Gasteiger partial charge in [-0.3, -0.25) is 4.79 Å². The van der Waals surface area contributed by atoms with Crippen LogP contribution in [0.25, 0.3) is 0 Å². The summed E-state index contributed by atoms with van der Waals surface area (Å²) in [5.74, 6) is -1.01. The molecule has 174 valence electrons. The van der Waals surface area contributed by atoms with Crippen LogP contribution in [-0.2, 0) is 17.8 Å². The standard InChI is InChI=1S/C22H24Cl2N6O3/c23-16-8-6-9-17(24)20(16)21(31)27-18(22(32)33)14-30-13-15(28-29-30)7-2-1-4-11-25-19-10-3-5-12-26-19/h3,5-6,8-10,12-13,18H,1-2,4,7,11,14H2,(H,25,26)(H,27,31)(H,32,33). The van der Waals surface area contributed by atoms with E-state index in [1.165, 1.54) is 16.8 Å². The van der Waals surface area contributed by atoms with Gasteiger partial charge in [-0.2, -0.15) is 0 Å². The van der Waals surface area contributed by atoms with Crippen LogP contribution in [0.2, 0.25) is 10.0 Å². The van der Waals surface area contributed by atoms with Gasteiger partial charge in [-0.05, 0) is 43.5 Å². The number of carboxylic acids is 1. The molecule has 0 saturated carbocycles. The summed E-state index contributed by atoms with van der Waals surface area (Å²) in [6.45, 7) is 0.753. The summed E-state index contributed by atoms with van der Waals surface area (Å²) in [7, 11) is 0. The van der Waals surface area contributed by atoms with Crippen molar-refractivity contribution in [2.45, 2.75) is 38.3 Å². The molecule has 11 heteroatoms. The van der Waals surface area contributed by atoms with E-state index in [0.717, 1.165) is 43.7 Å². The van der Waals surface area contributed by atoms with Gasteiger partial charge < -0.3 is 15.7 Å². The first-order chi connectivity index (χ1) is 15.9. The first-order valence-electron chi connectivity index (χ1n) is 10.5. The largest absolute Gasteiger partial charge is 0.480 e. The van der Waals surface area contributed by atoms with Crippen molar-refractivity contribution in [2.75, 3.05) is 11.9 Å². The van der Waals surface area contributed by atoms with Crippen molar-refractivity contribution in [2.24, 2.45) is 0 Å². The first-order valence-corrected chi connectivity index (χ1v) is 11.2. The second-order valence-electron chi connectivity index (χ2n) is 7.35. The molecule has 3 aromatic rings. The zero-order valence-electron chi connectivity index (χ0n) is 17.7. The Labute approximate surface area is 201 Å². The third-order valence-corrected chi connectivity index (χ3v) is 5.46. The SMILES string of the molecule is O=C(NC(Cn1cc(CCCCCNc2ccccn2)nn1)C(=O)O)c1c(Cl)cccc1Cl. The van der Waals surface area contributed by atoms with Gasteiger partial charge in [-0.25, -0.2) is 14.5 Å². The average molecular weight is 491 g/mol. The predicted octanol–water partition coefficient (Wildman–Crippen LogP) is 3.69. The smallest absolute Gasteiger partial charge is 0.328 e. The number of pyridine rings is 1. The highest BCUT2D eigenvalue weighted by Gasteiger charge is 2.24. The number of nitrogens with one attached hydrogen (secondary N) is 2. The van der Waals surface area contributed by atoms with Crippen LogP contribution < -0.4 is 10.6 Å². The maximum Gasteiger partial charge on any atom is 0.328 e. The van der Waals surface area contributed by atoms with Crippen LogP contribution in [0.4, 0.5) is 5.82 Å². The van der Waals surface area contributed by atoms with Crippen molar-refractivity contribution >= 4 is 40.9 Å². The molecule has 0 spiro atoms. The number of hydrogen-bond acceptors (Lipinski definition) is 6. The van der Waals surface area contributed by atoms with E-state index in [1.807, 2.05) is 18.2 Å². The fourth-order valence-electron chi connectivity index (χ4n) is 3.15. The maximum absolute atomic E-state index is 12.5. The number of anilines is 1. The van der Waals surface area contributed by atoms with Gasteiger partial charge >= 0.3 is 5.97 Å². The first kappa shape index (κ1) is 24.5. The van der Waals surface area contributed by atoms with Crippen LogP contribution in [0.3, 0.4) is 0 Å². The highest BCUT2D eigenvalue weighted by atomic mass is 35.5. The van der Waals surface area contributed by atoms with E-state index in [0.29, 0.717) is 0 Å². The second kappa shape index (κ2) is 12.2. The molecule has 0 aliphatic carbocycles. The molecule has 1 amide bonds. The minimum Gasteiger partial charge on any atom is -0.480 e. The van der Waals surface area contributed by atoms with Crippen LogP contribution in [-0.4, -0.2) is 49.5 Å². The summed E-state index contributed by atoms with van der Waals surface area (Å²) >= 11 is 12.1. The Kier molecular flexibility index (Phi) is 9.03. The summed E-state index contributed by atoms with van der Waals surface area (Å²) in [5.41, 5.74) is 0.793. The maximum atomic E-state index is 12.5. The molecule has 0 aliphatic heterocycles. The molecular weight excluding hydrogens is 467 g/mol. The molecule has 9 nitrogen and oxygen atoms in total. The van der Waals surface area contributed by atoms with E-state index >= 15 is 0 Å². The Morgan fingerprint density at radius 2 is 1.85 bits per heavy atom. The molecule has 33 heavy (non-hydrogen) atoms. The summed E-state index contributed by atoms with van der Waals surface area (Å²) in [6.07, 6.45) is 7.08. The van der Waals surface area contributed by atoms with E-state index < -0.39 is 17.9 Å². The highest BCUT2D eigenvalue weighted by molar-refractivity contribution is 6.39. The molecule has 0 bridgehead atoms. The zero-order chi connectivity index (χ0) is 23.6. The molecule has 3 rings (SSSR count). The van der Waals surface area contributed by atoms with Crippen molar-refractivity contribution in [1.29, 1.82) is 0 Å². The quantitative estimate of drug-likeness (QED) is 0.331. The number of amides is 1. The van der Waals surface area contributed by atoms with Gasteiger partial charge in [0.05, 0.1) is 27.8 Å². The fraction of sp³-hybridized carbons (Fsp3) is 0.318. The number of carbonyl (C=O) groups excluding carboxylic acids is 1. The zero-order valence-corrected chi connectivity index (χ0v) is 19.3. The molecular formula is C22H24Cl2N6O3. The molecule has 0 radical (unpaired) electrons. The lowest BCUT2D eigenvalue weighted by Gasteiger charge is -2.15. The lowest BCUT2D eigenvalue weighted by molar-refractivity contribution is -0.139. The number of nitrogens with zero attached hydrogens (tertiary/aromatic N) is 4. The molecule has 3 N–H and O–H groups in total. The van der Waals surface area contributed by atoms with Crippen molar-refractivity contribution in [3.8, 4) is 0 Å². The van der Waals surface area contributed by atoms with E-state index in [4.69, 9.17) is 23.2 Å². The second-order valence-corrected chi connectivity index (χ2v) is 8.16. The van der Waals surface area contributed by atoms with Crippen LogP contribution >= 0.6 is 23.2 Å². The average Bonchev–Trinajstić information content (AvgIpc) is 3.23. The van der Waals surface area contributed by atoms with Crippen molar-refractivity contribution < 1.29 is 14.7 Å². The summed E-state index contributed by atoms with van der Waals surface area (Å²) < 4.78 is 1.41. The van der Waals surface area contributed by atoms with Gasteiger partial charge in [-0.15, -0.1) is 5.10 Å². The van der Waals surface area contributed by atoms with E-state index in [-0.39, 0.29) is 22.2 Å². The fourth-order valence-corrected chi connectivity index (χ4v) is 3.72. The Morgan fingerprint density at radius 3 is 2.55 bits per heavy atom. The monoisotopic (exact) mass is 490 g/mol. The Morgan fingerprint density at radius 1 is 1.06 bits per heavy atom. The number of unbranched alkanes of at least 4 members (excludes halogenated alkanes) is 2. The number of rotatable bonds is 12. The van der Waals surface area contributed by atoms with Crippen LogP contribution in [0.1, 0.15) is 35.3 Å². The van der Waals surface area contributed by atoms with Crippen LogP contribution in [0.5, 0.6) is 0 Å². The number of carbonyl (C=O) groups is 2. The van der Waals surface area contributed by atoms with Gasteiger partial charge in [0, 0.05) is 18.9 Å². The van der Waals surface area contributed by atoms with Crippen LogP contribution in [0.15, 0.2) is 48.8 Å². The van der Waals surface area contributed by atoms with Gasteiger partial charge in [0.15, 0.2) is 0 Å². The molecule has 1 unspecified atom stereocenters. The molecule has 0 saturated heterocycles. The van der Waals surface area contributed by atoms with Gasteiger partial charge in [0.1, 0.15) is 11.9 Å². The minimum absolute atomic E-state index is 0.0314. The number of aryl methyl sites for hydroxylation is 1. The molecule has 0 aliphatic rings. The Balaban J connectivity index is 1.45. The molecule has 2 aromatic heterocycles. The molecule has 1 atom stereocenters. The summed E-state index contributed by atoms with van der Waals surface area (Å²) in [4.78, 5) is 28.4. The van der Waals surface area contributed by atoms with E-state index in [2.05, 4.69) is 25.9 Å². The van der Waals surface area contributed by atoms with Crippen molar-refractivity contribution in [1.82, 2.24) is 25.3 Å². The topological polar surface area (TPSA) is 122 Å². The number of aliphatic carboxylic acids is 1. The molecule has 1 aromatic carbocycles. The summed E-state index contributed by atoms with van der Waals surface area (Å²) in [6, 6.07) is 9.13. The van der Waals surface area contributed by atoms with Gasteiger partial charge in [0.2, 0.25) is 0 Å². The third-order valence-electron chi connectivity index (χ3n) is 4.83. The highest BCUT2D eigenvalue weighted by Crippen LogP contribution is 2.24. The van der Waals surface area contributed by atoms with Gasteiger partial charge in [-0.1, -0.05) is 47.0 Å². The number of carboxylic acid groups (broad SMARTS) is 1. The van der Waals surface area contributed by atoms with Crippen LogP contribution in [0, 0.1) is 0 Å². The van der Waals surface area contributed by atoms with Crippen molar-refractivity contribution in [3.63, 3.8) is 0 Å². The molecule has 0 fully saturated rings. The number of aromatic nitrogens is 4. The van der Waals surface area contributed by atoms with E-state index in [1.54, 1.807) is 18.5 Å². The Bertz CT molecular complexity index is 1060. The number of benzene rings is 1. The molecule has 2 heterocycles. The van der Waals surface area contributed by atoms with Gasteiger partial charge in [0.25, 0.3) is 5.91 Å². The lowest BCUT2D eigenvalue weighted by atomic mass is 10.1. The normalized spacial score (nSPS) is 11.7. The number of halogens is 2. The minimum atomic E-state index is -1.22. The number of hydrogen-bond donors (Lipinski definition) is 3. The third kappa shape index (κ3) is 7.44. The predicted molar refractivity (Wildman–Crippen MR) is 126 cm³/mol. The lowest BCUT2D eigenvalue weighted by Crippen LogP contribution is -2.44. The summed E-state index contributed by atoms with van der Waals surface area (Å²) in [5, 5.41) is 23.6. The van der Waals surface area contributed by atoms with E-state index in [9.17, 15) is 14.7 Å². The Hall–Kier alpha value is -3.17.